The van der Waals surface area contributed by atoms with Gasteiger partial charge in [-0.2, -0.15) is 0 Å². The summed E-state index contributed by atoms with van der Waals surface area (Å²) in [4.78, 5) is 15.6. The third kappa shape index (κ3) is 5.21. The zero-order valence-corrected chi connectivity index (χ0v) is 30.2. The third-order valence-corrected chi connectivity index (χ3v) is 10.7. The van der Waals surface area contributed by atoms with Gasteiger partial charge in [0.2, 0.25) is 0 Å². The van der Waals surface area contributed by atoms with Crippen molar-refractivity contribution in [3.05, 3.63) is 194 Å². The Morgan fingerprint density at radius 3 is 1.59 bits per heavy atom. The molecule has 11 aromatic rings. The highest BCUT2D eigenvalue weighted by atomic mass is 16.3. The molecule has 0 atom stereocenters. The molecule has 0 aliphatic heterocycles. The van der Waals surface area contributed by atoms with Crippen molar-refractivity contribution in [1.82, 2.24) is 19.5 Å². The minimum absolute atomic E-state index is 0.590. The number of para-hydroxylation sites is 2. The van der Waals surface area contributed by atoms with Gasteiger partial charge in [-0.1, -0.05) is 158 Å². The summed E-state index contributed by atoms with van der Waals surface area (Å²) in [5.41, 5.74) is 12.1. The van der Waals surface area contributed by atoms with Crippen LogP contribution in [0.3, 0.4) is 0 Å². The monoisotopic (exact) mass is 716 g/mol. The summed E-state index contributed by atoms with van der Waals surface area (Å²) in [5, 5.41) is 4.51. The van der Waals surface area contributed by atoms with E-state index in [1.807, 2.05) is 48.5 Å². The summed E-state index contributed by atoms with van der Waals surface area (Å²) >= 11 is 0. The minimum Gasteiger partial charge on any atom is -0.456 e. The molecule has 262 valence electrons. The van der Waals surface area contributed by atoms with Gasteiger partial charge >= 0.3 is 0 Å². The van der Waals surface area contributed by atoms with E-state index < -0.39 is 0 Å². The topological polar surface area (TPSA) is 56.7 Å². The Morgan fingerprint density at radius 1 is 0.339 bits per heavy atom. The van der Waals surface area contributed by atoms with Crippen LogP contribution in [-0.4, -0.2) is 19.5 Å². The fourth-order valence-corrected chi connectivity index (χ4v) is 8.14. The molecule has 0 radical (unpaired) electrons. The zero-order valence-electron chi connectivity index (χ0n) is 30.2. The normalized spacial score (nSPS) is 11.6. The number of fused-ring (bicyclic) bond motifs is 7. The van der Waals surface area contributed by atoms with Crippen LogP contribution in [0.15, 0.2) is 199 Å². The van der Waals surface area contributed by atoms with Gasteiger partial charge in [0.15, 0.2) is 17.5 Å². The molecule has 5 nitrogen and oxygen atoms in total. The average Bonchev–Trinajstić information content (AvgIpc) is 3.83. The molecule has 0 fully saturated rings. The van der Waals surface area contributed by atoms with Gasteiger partial charge in [-0.3, -0.25) is 0 Å². The van der Waals surface area contributed by atoms with Crippen LogP contribution in [0.4, 0.5) is 0 Å². The van der Waals surface area contributed by atoms with Crippen molar-refractivity contribution in [3.8, 4) is 62.1 Å². The van der Waals surface area contributed by atoms with Gasteiger partial charge in [0.25, 0.3) is 0 Å². The van der Waals surface area contributed by atoms with Crippen LogP contribution in [0.25, 0.3) is 106 Å². The highest BCUT2D eigenvalue weighted by Gasteiger charge is 2.23. The Balaban J connectivity index is 1.24. The van der Waals surface area contributed by atoms with Gasteiger partial charge < -0.3 is 8.98 Å². The fourth-order valence-electron chi connectivity index (χ4n) is 8.14. The molecule has 5 heteroatoms. The Bertz CT molecular complexity index is 3180. The number of hydrogen-bond acceptors (Lipinski definition) is 4. The summed E-state index contributed by atoms with van der Waals surface area (Å²) in [5.74, 6) is 1.82. The smallest absolute Gasteiger partial charge is 0.166 e. The lowest BCUT2D eigenvalue weighted by Gasteiger charge is -2.17. The summed E-state index contributed by atoms with van der Waals surface area (Å²) in [6.45, 7) is 0. The lowest BCUT2D eigenvalue weighted by Crippen LogP contribution is -2.04. The highest BCUT2D eigenvalue weighted by Crippen LogP contribution is 2.44. The molecule has 3 heterocycles. The van der Waals surface area contributed by atoms with Crippen molar-refractivity contribution in [3.63, 3.8) is 0 Å². The molecule has 11 rings (SSSR count). The maximum absolute atomic E-state index is 6.40. The van der Waals surface area contributed by atoms with Gasteiger partial charge in [0.1, 0.15) is 11.2 Å². The van der Waals surface area contributed by atoms with Crippen molar-refractivity contribution in [2.75, 3.05) is 0 Å². The van der Waals surface area contributed by atoms with Crippen LogP contribution >= 0.6 is 0 Å². The van der Waals surface area contributed by atoms with Crippen LogP contribution < -0.4 is 0 Å². The van der Waals surface area contributed by atoms with Gasteiger partial charge in [0, 0.05) is 38.2 Å². The summed E-state index contributed by atoms with van der Waals surface area (Å²) in [7, 11) is 0. The van der Waals surface area contributed by atoms with Crippen LogP contribution in [-0.2, 0) is 0 Å². The lowest BCUT2D eigenvalue weighted by molar-refractivity contribution is 0.669. The largest absolute Gasteiger partial charge is 0.456 e. The maximum Gasteiger partial charge on any atom is 0.166 e. The number of rotatable bonds is 6. The van der Waals surface area contributed by atoms with E-state index in [-0.39, 0.29) is 0 Å². The van der Waals surface area contributed by atoms with Crippen molar-refractivity contribution in [2.24, 2.45) is 0 Å². The standard InChI is InChI=1S/C51H32N4O/c1-4-16-33(17-5-1)37-22-10-11-23-38(37)36-28-29-43(41(32-36)51-53-49(34-18-6-2-7-19-34)52-50(54-51)35-20-8-3-9-21-35)55-42-26-14-12-24-39(42)47-44(55)30-31-46-48(47)40-25-13-15-27-45(40)56-46/h1-32H. The fraction of sp³-hybridized carbons (Fsp3) is 0. The van der Waals surface area contributed by atoms with E-state index in [1.54, 1.807) is 0 Å². The van der Waals surface area contributed by atoms with Gasteiger partial charge in [-0.25, -0.2) is 15.0 Å². The number of benzene rings is 8. The molecule has 0 amide bonds. The number of furan rings is 1. The molecule has 0 bridgehead atoms. The molecule has 0 unspecified atom stereocenters. The quantitative estimate of drug-likeness (QED) is 0.172. The Hall–Kier alpha value is -7.63. The van der Waals surface area contributed by atoms with E-state index in [9.17, 15) is 0 Å². The molecule has 3 aromatic heterocycles. The summed E-state index contributed by atoms with van der Waals surface area (Å²) in [6.07, 6.45) is 0. The van der Waals surface area contributed by atoms with Crippen molar-refractivity contribution < 1.29 is 4.42 Å². The Kier molecular flexibility index (Phi) is 7.42. The van der Waals surface area contributed by atoms with Crippen LogP contribution in [0.2, 0.25) is 0 Å². The first kappa shape index (κ1) is 31.9. The first-order valence-electron chi connectivity index (χ1n) is 18.8. The molecule has 0 spiro atoms. The third-order valence-electron chi connectivity index (χ3n) is 10.7. The number of hydrogen-bond donors (Lipinski definition) is 0. The first-order chi connectivity index (χ1) is 27.8. The van der Waals surface area contributed by atoms with Crippen LogP contribution in [0.1, 0.15) is 0 Å². The molecule has 0 saturated heterocycles. The minimum atomic E-state index is 0.590. The predicted octanol–water partition coefficient (Wildman–Crippen LogP) is 13.2. The van der Waals surface area contributed by atoms with E-state index in [1.165, 1.54) is 0 Å². The van der Waals surface area contributed by atoms with Crippen molar-refractivity contribution >= 4 is 43.7 Å². The van der Waals surface area contributed by atoms with Crippen LogP contribution in [0.5, 0.6) is 0 Å². The van der Waals surface area contributed by atoms with E-state index in [2.05, 4.69) is 150 Å². The second-order valence-electron chi connectivity index (χ2n) is 14.0. The number of nitrogens with zero attached hydrogens (tertiary/aromatic N) is 4. The summed E-state index contributed by atoms with van der Waals surface area (Å²) < 4.78 is 8.77. The van der Waals surface area contributed by atoms with E-state index in [4.69, 9.17) is 19.4 Å². The van der Waals surface area contributed by atoms with Gasteiger partial charge in [-0.05, 0) is 58.7 Å². The van der Waals surface area contributed by atoms with Crippen molar-refractivity contribution in [2.45, 2.75) is 0 Å². The molecule has 0 saturated carbocycles. The first-order valence-corrected chi connectivity index (χ1v) is 18.8. The van der Waals surface area contributed by atoms with Gasteiger partial charge in [0.05, 0.1) is 16.7 Å². The maximum atomic E-state index is 6.40. The molecule has 0 aliphatic rings. The molecular formula is C51H32N4O. The Labute approximate surface area is 322 Å². The highest BCUT2D eigenvalue weighted by molar-refractivity contribution is 6.27. The SMILES string of the molecule is c1ccc(-c2nc(-c3ccccc3)nc(-c3cc(-c4ccccc4-c4ccccc4)ccc3-n3c4ccccc4c4c5c(ccc43)oc3ccccc35)n2)cc1. The molecule has 8 aromatic carbocycles. The van der Waals surface area contributed by atoms with E-state index in [0.29, 0.717) is 17.5 Å². The lowest BCUT2D eigenvalue weighted by atomic mass is 9.93. The zero-order chi connectivity index (χ0) is 37.0. The van der Waals surface area contributed by atoms with Gasteiger partial charge in [-0.15, -0.1) is 0 Å². The molecular weight excluding hydrogens is 685 g/mol. The Morgan fingerprint density at radius 2 is 0.893 bits per heavy atom. The predicted molar refractivity (Wildman–Crippen MR) is 229 cm³/mol. The molecule has 0 N–H and O–H groups in total. The summed E-state index contributed by atoms with van der Waals surface area (Å²) in [6, 6.07) is 67.4. The van der Waals surface area contributed by atoms with E-state index in [0.717, 1.165) is 88.4 Å². The van der Waals surface area contributed by atoms with E-state index >= 15 is 0 Å². The second-order valence-corrected chi connectivity index (χ2v) is 14.0. The van der Waals surface area contributed by atoms with Crippen molar-refractivity contribution in [1.29, 1.82) is 0 Å². The number of aromatic nitrogens is 4. The average molecular weight is 717 g/mol. The second kappa shape index (κ2) is 13.0. The van der Waals surface area contributed by atoms with Crippen LogP contribution in [0, 0.1) is 0 Å². The molecule has 0 aliphatic carbocycles. The molecule has 56 heavy (non-hydrogen) atoms.